The largest absolute Gasteiger partial charge is 0.378 e. The van der Waals surface area contributed by atoms with Gasteiger partial charge in [0.2, 0.25) is 0 Å². The summed E-state index contributed by atoms with van der Waals surface area (Å²) in [5.41, 5.74) is 1.95. The summed E-state index contributed by atoms with van der Waals surface area (Å²) >= 11 is 0. The number of aromatic amines is 1. The molecule has 6 nitrogen and oxygen atoms in total. The first kappa shape index (κ1) is 13.8. The van der Waals surface area contributed by atoms with Crippen LogP contribution in [-0.4, -0.2) is 30.2 Å². The van der Waals surface area contributed by atoms with Gasteiger partial charge in [-0.15, -0.1) is 0 Å². The van der Waals surface area contributed by atoms with Crippen LogP contribution in [0.1, 0.15) is 16.1 Å². The van der Waals surface area contributed by atoms with E-state index in [0.717, 1.165) is 11.3 Å². The van der Waals surface area contributed by atoms with Crippen LogP contribution in [0.3, 0.4) is 0 Å². The SMILES string of the molecule is CN(C)c1ccc(CNC(=O)c2ccc(=O)[nH]n2)cc1. The van der Waals surface area contributed by atoms with Crippen LogP contribution in [0.25, 0.3) is 0 Å². The van der Waals surface area contributed by atoms with E-state index in [2.05, 4.69) is 15.5 Å². The van der Waals surface area contributed by atoms with Gasteiger partial charge in [0, 0.05) is 32.4 Å². The zero-order chi connectivity index (χ0) is 14.5. The lowest BCUT2D eigenvalue weighted by Crippen LogP contribution is -2.25. The van der Waals surface area contributed by atoms with Gasteiger partial charge >= 0.3 is 0 Å². The van der Waals surface area contributed by atoms with Gasteiger partial charge in [-0.25, -0.2) is 5.10 Å². The quantitative estimate of drug-likeness (QED) is 0.861. The Morgan fingerprint density at radius 3 is 2.45 bits per heavy atom. The molecule has 0 aliphatic carbocycles. The van der Waals surface area contributed by atoms with Crippen molar-refractivity contribution in [3.8, 4) is 0 Å². The first-order valence-corrected chi connectivity index (χ1v) is 6.16. The molecule has 0 spiro atoms. The molecular weight excluding hydrogens is 256 g/mol. The number of rotatable bonds is 4. The van der Waals surface area contributed by atoms with Crippen molar-refractivity contribution in [1.82, 2.24) is 15.5 Å². The standard InChI is InChI=1S/C14H16N4O2/c1-18(2)11-5-3-10(4-6-11)9-15-14(20)12-7-8-13(19)17-16-12/h3-8H,9H2,1-2H3,(H,15,20)(H,17,19). The fourth-order valence-corrected chi connectivity index (χ4v) is 1.66. The van der Waals surface area contributed by atoms with E-state index in [0.29, 0.717) is 6.54 Å². The van der Waals surface area contributed by atoms with E-state index in [1.54, 1.807) is 0 Å². The highest BCUT2D eigenvalue weighted by Gasteiger charge is 2.06. The Balaban J connectivity index is 1.96. The zero-order valence-electron chi connectivity index (χ0n) is 11.4. The second-order valence-electron chi connectivity index (χ2n) is 4.55. The average Bonchev–Trinajstić information content (AvgIpc) is 2.46. The number of hydrogen-bond donors (Lipinski definition) is 2. The molecule has 6 heteroatoms. The number of benzene rings is 1. The number of H-pyrrole nitrogens is 1. The number of aromatic nitrogens is 2. The van der Waals surface area contributed by atoms with Crippen molar-refractivity contribution in [2.24, 2.45) is 0 Å². The molecule has 104 valence electrons. The van der Waals surface area contributed by atoms with Gasteiger partial charge in [0.25, 0.3) is 11.5 Å². The summed E-state index contributed by atoms with van der Waals surface area (Å²) < 4.78 is 0. The summed E-state index contributed by atoms with van der Waals surface area (Å²) in [6.07, 6.45) is 0. The second kappa shape index (κ2) is 6.01. The molecule has 2 N–H and O–H groups in total. The zero-order valence-corrected chi connectivity index (χ0v) is 11.4. The van der Waals surface area contributed by atoms with Crippen LogP contribution in [0, 0.1) is 0 Å². The van der Waals surface area contributed by atoms with Gasteiger partial charge in [-0.05, 0) is 23.8 Å². The predicted molar refractivity (Wildman–Crippen MR) is 76.8 cm³/mol. The molecule has 0 aliphatic rings. The Morgan fingerprint density at radius 2 is 1.90 bits per heavy atom. The molecule has 0 atom stereocenters. The highest BCUT2D eigenvalue weighted by molar-refractivity contribution is 5.91. The van der Waals surface area contributed by atoms with Crippen LogP contribution >= 0.6 is 0 Å². The van der Waals surface area contributed by atoms with E-state index in [9.17, 15) is 9.59 Å². The molecular formula is C14H16N4O2. The molecule has 2 rings (SSSR count). The smallest absolute Gasteiger partial charge is 0.271 e. The highest BCUT2D eigenvalue weighted by Crippen LogP contribution is 2.11. The molecule has 1 amide bonds. The maximum Gasteiger partial charge on any atom is 0.271 e. The minimum atomic E-state index is -0.333. The van der Waals surface area contributed by atoms with E-state index in [1.807, 2.05) is 43.3 Å². The molecule has 0 unspecified atom stereocenters. The van der Waals surface area contributed by atoms with Gasteiger partial charge in [-0.2, -0.15) is 5.10 Å². The molecule has 20 heavy (non-hydrogen) atoms. The minimum Gasteiger partial charge on any atom is -0.378 e. The molecule has 1 heterocycles. The lowest BCUT2D eigenvalue weighted by Gasteiger charge is -2.12. The van der Waals surface area contributed by atoms with Gasteiger partial charge < -0.3 is 10.2 Å². The van der Waals surface area contributed by atoms with Gasteiger partial charge in [0.15, 0.2) is 0 Å². The fourth-order valence-electron chi connectivity index (χ4n) is 1.66. The maximum atomic E-state index is 11.8. The van der Waals surface area contributed by atoms with E-state index >= 15 is 0 Å². The fraction of sp³-hybridized carbons (Fsp3) is 0.214. The topological polar surface area (TPSA) is 78.1 Å². The van der Waals surface area contributed by atoms with Crippen molar-refractivity contribution >= 4 is 11.6 Å². The third-order valence-corrected chi connectivity index (χ3v) is 2.82. The number of nitrogens with one attached hydrogen (secondary N) is 2. The summed E-state index contributed by atoms with van der Waals surface area (Å²) in [6, 6.07) is 10.5. The number of hydrogen-bond acceptors (Lipinski definition) is 4. The molecule has 0 radical (unpaired) electrons. The first-order chi connectivity index (χ1) is 9.56. The van der Waals surface area contributed by atoms with Crippen LogP contribution in [0.4, 0.5) is 5.69 Å². The summed E-state index contributed by atoms with van der Waals surface area (Å²) in [5.74, 6) is -0.321. The molecule has 0 saturated heterocycles. The van der Waals surface area contributed by atoms with Crippen LogP contribution in [0.15, 0.2) is 41.2 Å². The Morgan fingerprint density at radius 1 is 1.20 bits per heavy atom. The van der Waals surface area contributed by atoms with Gasteiger partial charge in [0.1, 0.15) is 5.69 Å². The van der Waals surface area contributed by atoms with Crippen molar-refractivity contribution in [2.75, 3.05) is 19.0 Å². The lowest BCUT2D eigenvalue weighted by molar-refractivity contribution is 0.0945. The molecule has 0 fully saturated rings. The van der Waals surface area contributed by atoms with Crippen LogP contribution in [0.2, 0.25) is 0 Å². The predicted octanol–water partition coefficient (Wildman–Crippen LogP) is 0.766. The Hall–Kier alpha value is -2.63. The molecule has 0 bridgehead atoms. The van der Waals surface area contributed by atoms with Crippen molar-refractivity contribution < 1.29 is 4.79 Å². The average molecular weight is 272 g/mol. The van der Waals surface area contributed by atoms with Crippen LogP contribution in [0.5, 0.6) is 0 Å². The van der Waals surface area contributed by atoms with Crippen LogP contribution < -0.4 is 15.8 Å². The highest BCUT2D eigenvalue weighted by atomic mass is 16.2. The number of anilines is 1. The van der Waals surface area contributed by atoms with Crippen molar-refractivity contribution in [1.29, 1.82) is 0 Å². The molecule has 0 saturated carbocycles. The molecule has 0 aliphatic heterocycles. The van der Waals surface area contributed by atoms with Crippen molar-refractivity contribution in [2.45, 2.75) is 6.54 Å². The summed E-state index contributed by atoms with van der Waals surface area (Å²) in [4.78, 5) is 24.7. The van der Waals surface area contributed by atoms with E-state index in [-0.39, 0.29) is 17.2 Å². The normalized spacial score (nSPS) is 10.1. The summed E-state index contributed by atoms with van der Waals surface area (Å²) in [5, 5.41) is 8.64. The van der Waals surface area contributed by atoms with E-state index in [1.165, 1.54) is 12.1 Å². The number of carbonyl (C=O) groups excluding carboxylic acids is 1. The first-order valence-electron chi connectivity index (χ1n) is 6.16. The number of amides is 1. The van der Waals surface area contributed by atoms with Gasteiger partial charge in [-0.1, -0.05) is 12.1 Å². The molecule has 1 aromatic carbocycles. The maximum absolute atomic E-state index is 11.8. The van der Waals surface area contributed by atoms with Gasteiger partial charge in [-0.3, -0.25) is 9.59 Å². The summed E-state index contributed by atoms with van der Waals surface area (Å²) in [6.45, 7) is 0.410. The Labute approximate surface area is 116 Å². The third-order valence-electron chi connectivity index (χ3n) is 2.82. The van der Waals surface area contributed by atoms with E-state index in [4.69, 9.17) is 0 Å². The second-order valence-corrected chi connectivity index (χ2v) is 4.55. The van der Waals surface area contributed by atoms with Crippen LogP contribution in [-0.2, 0) is 6.54 Å². The number of carbonyl (C=O) groups is 1. The Kier molecular flexibility index (Phi) is 4.14. The van der Waals surface area contributed by atoms with Gasteiger partial charge in [0.05, 0.1) is 0 Å². The summed E-state index contributed by atoms with van der Waals surface area (Å²) in [7, 11) is 3.94. The van der Waals surface area contributed by atoms with Crippen molar-refractivity contribution in [3.05, 3.63) is 58.0 Å². The molecule has 2 aromatic rings. The lowest BCUT2D eigenvalue weighted by atomic mass is 10.2. The Bertz CT molecular complexity index is 626. The minimum absolute atomic E-state index is 0.189. The van der Waals surface area contributed by atoms with E-state index < -0.39 is 0 Å². The third kappa shape index (κ3) is 3.44. The van der Waals surface area contributed by atoms with Crippen molar-refractivity contribution in [3.63, 3.8) is 0 Å². The monoisotopic (exact) mass is 272 g/mol. The number of nitrogens with zero attached hydrogens (tertiary/aromatic N) is 2. The molecule has 1 aromatic heterocycles.